The standard InChI is InChI=1S/C14H12ClFN2O2/c1-8-12(5-11(17)6-18-8)14(19)20-7-9-2-3-10(15)4-13(9)16/h2-6H,7,17H2,1H3. The number of nitrogen functional groups attached to an aromatic ring is 1. The van der Waals surface area contributed by atoms with E-state index in [0.717, 1.165) is 6.07 Å². The van der Waals surface area contributed by atoms with Crippen LogP contribution in [0.4, 0.5) is 10.1 Å². The van der Waals surface area contributed by atoms with Crippen LogP contribution >= 0.6 is 11.6 Å². The van der Waals surface area contributed by atoms with Crippen molar-refractivity contribution in [1.82, 2.24) is 4.98 Å². The Labute approximate surface area is 120 Å². The maximum atomic E-state index is 13.5. The van der Waals surface area contributed by atoms with Gasteiger partial charge in [-0.15, -0.1) is 0 Å². The van der Waals surface area contributed by atoms with Gasteiger partial charge in [-0.05, 0) is 25.1 Å². The molecule has 0 saturated heterocycles. The van der Waals surface area contributed by atoms with Gasteiger partial charge in [-0.1, -0.05) is 17.7 Å². The quantitative estimate of drug-likeness (QED) is 0.883. The van der Waals surface area contributed by atoms with E-state index in [0.29, 0.717) is 11.4 Å². The third kappa shape index (κ3) is 3.24. The number of esters is 1. The van der Waals surface area contributed by atoms with E-state index in [1.807, 2.05) is 0 Å². The molecule has 6 heteroatoms. The van der Waals surface area contributed by atoms with E-state index < -0.39 is 11.8 Å². The summed E-state index contributed by atoms with van der Waals surface area (Å²) in [7, 11) is 0. The van der Waals surface area contributed by atoms with Crippen molar-refractivity contribution >= 4 is 23.3 Å². The molecule has 4 nitrogen and oxygen atoms in total. The van der Waals surface area contributed by atoms with Gasteiger partial charge in [0, 0.05) is 10.6 Å². The molecule has 0 amide bonds. The van der Waals surface area contributed by atoms with E-state index in [9.17, 15) is 9.18 Å². The monoisotopic (exact) mass is 294 g/mol. The summed E-state index contributed by atoms with van der Waals surface area (Å²) in [5, 5.41) is 0.286. The number of pyridine rings is 1. The Morgan fingerprint density at radius 2 is 2.20 bits per heavy atom. The van der Waals surface area contributed by atoms with Crippen LogP contribution in [0.2, 0.25) is 5.02 Å². The molecule has 0 atom stereocenters. The van der Waals surface area contributed by atoms with Crippen LogP contribution < -0.4 is 5.73 Å². The molecule has 2 N–H and O–H groups in total. The molecule has 2 rings (SSSR count). The van der Waals surface area contributed by atoms with E-state index in [1.54, 1.807) is 6.92 Å². The number of hydrogen-bond donors (Lipinski definition) is 1. The lowest BCUT2D eigenvalue weighted by atomic mass is 10.2. The minimum atomic E-state index is -0.600. The lowest BCUT2D eigenvalue weighted by Crippen LogP contribution is -2.09. The molecule has 1 heterocycles. The second-order valence-electron chi connectivity index (χ2n) is 4.21. The molecule has 0 aliphatic carbocycles. The van der Waals surface area contributed by atoms with Gasteiger partial charge in [-0.2, -0.15) is 0 Å². The predicted octanol–water partition coefficient (Wildman–Crippen LogP) is 3.12. The molecule has 20 heavy (non-hydrogen) atoms. The van der Waals surface area contributed by atoms with Crippen LogP contribution in [0.3, 0.4) is 0 Å². The number of aromatic nitrogens is 1. The minimum absolute atomic E-state index is 0.184. The first-order chi connectivity index (χ1) is 9.47. The number of carbonyl (C=O) groups is 1. The number of aryl methyl sites for hydroxylation is 1. The number of carbonyl (C=O) groups excluding carboxylic acids is 1. The lowest BCUT2D eigenvalue weighted by Gasteiger charge is -2.08. The van der Waals surface area contributed by atoms with E-state index in [2.05, 4.69) is 4.98 Å². The van der Waals surface area contributed by atoms with Gasteiger partial charge in [0.25, 0.3) is 0 Å². The number of ether oxygens (including phenoxy) is 1. The fourth-order valence-electron chi connectivity index (χ4n) is 1.62. The molecule has 1 aromatic carbocycles. The van der Waals surface area contributed by atoms with Crippen molar-refractivity contribution in [3.8, 4) is 0 Å². The summed E-state index contributed by atoms with van der Waals surface area (Å²) in [6, 6.07) is 5.64. The molecule has 0 aliphatic rings. The predicted molar refractivity (Wildman–Crippen MR) is 73.9 cm³/mol. The van der Waals surface area contributed by atoms with E-state index in [-0.39, 0.29) is 22.8 Å². The van der Waals surface area contributed by atoms with E-state index in [4.69, 9.17) is 22.1 Å². The van der Waals surface area contributed by atoms with E-state index >= 15 is 0 Å². The molecule has 1 aromatic heterocycles. The zero-order chi connectivity index (χ0) is 14.7. The summed E-state index contributed by atoms with van der Waals surface area (Å²) in [6.07, 6.45) is 1.45. The largest absolute Gasteiger partial charge is 0.457 e. The van der Waals surface area contributed by atoms with Crippen molar-refractivity contribution in [2.45, 2.75) is 13.5 Å². The summed E-state index contributed by atoms with van der Waals surface area (Å²) < 4.78 is 18.6. The average Bonchev–Trinajstić information content (AvgIpc) is 2.40. The Balaban J connectivity index is 2.10. The first kappa shape index (κ1) is 14.3. The van der Waals surface area contributed by atoms with Crippen molar-refractivity contribution in [3.05, 3.63) is 58.1 Å². The van der Waals surface area contributed by atoms with Crippen molar-refractivity contribution in [3.63, 3.8) is 0 Å². The van der Waals surface area contributed by atoms with Gasteiger partial charge in [-0.25, -0.2) is 9.18 Å². The number of anilines is 1. The van der Waals surface area contributed by atoms with Crippen LogP contribution in [0.25, 0.3) is 0 Å². The van der Waals surface area contributed by atoms with Gasteiger partial charge in [-0.3, -0.25) is 4.98 Å². The fourth-order valence-corrected chi connectivity index (χ4v) is 1.77. The van der Waals surface area contributed by atoms with Crippen molar-refractivity contribution in [1.29, 1.82) is 0 Å². The van der Waals surface area contributed by atoms with Crippen LogP contribution in [-0.4, -0.2) is 11.0 Å². The summed E-state index contributed by atoms with van der Waals surface area (Å²) in [4.78, 5) is 15.9. The van der Waals surface area contributed by atoms with Crippen molar-refractivity contribution in [2.75, 3.05) is 5.73 Å². The number of nitrogens with two attached hydrogens (primary N) is 1. The SMILES string of the molecule is Cc1ncc(N)cc1C(=O)OCc1ccc(Cl)cc1F. The Morgan fingerprint density at radius 3 is 2.90 bits per heavy atom. The van der Waals surface area contributed by atoms with Gasteiger partial charge in [0.05, 0.1) is 23.1 Å². The lowest BCUT2D eigenvalue weighted by molar-refractivity contribution is 0.0467. The van der Waals surface area contributed by atoms with Crippen LogP contribution in [0, 0.1) is 12.7 Å². The van der Waals surface area contributed by atoms with E-state index in [1.165, 1.54) is 24.4 Å². The molecule has 2 aromatic rings. The van der Waals surface area contributed by atoms with Crippen LogP contribution in [0.1, 0.15) is 21.6 Å². The maximum Gasteiger partial charge on any atom is 0.340 e. The summed E-state index contributed by atoms with van der Waals surface area (Å²) in [5.41, 5.74) is 6.94. The summed E-state index contributed by atoms with van der Waals surface area (Å²) in [6.45, 7) is 1.48. The zero-order valence-corrected chi connectivity index (χ0v) is 11.4. The second-order valence-corrected chi connectivity index (χ2v) is 4.65. The van der Waals surface area contributed by atoms with Gasteiger partial charge >= 0.3 is 5.97 Å². The van der Waals surface area contributed by atoms with Crippen LogP contribution in [0.5, 0.6) is 0 Å². The van der Waals surface area contributed by atoms with Gasteiger partial charge < -0.3 is 10.5 Å². The average molecular weight is 295 g/mol. The maximum absolute atomic E-state index is 13.5. The number of hydrogen-bond acceptors (Lipinski definition) is 4. The Bertz CT molecular complexity index is 662. The van der Waals surface area contributed by atoms with Crippen LogP contribution in [0.15, 0.2) is 30.5 Å². The third-order valence-electron chi connectivity index (χ3n) is 2.70. The summed E-state index contributed by atoms with van der Waals surface area (Å²) in [5.74, 6) is -1.12. The highest BCUT2D eigenvalue weighted by molar-refractivity contribution is 6.30. The second kappa shape index (κ2) is 5.88. The zero-order valence-electron chi connectivity index (χ0n) is 10.7. The molecule has 0 saturated carbocycles. The third-order valence-corrected chi connectivity index (χ3v) is 2.94. The topological polar surface area (TPSA) is 65.2 Å². The highest BCUT2D eigenvalue weighted by Crippen LogP contribution is 2.17. The van der Waals surface area contributed by atoms with Gasteiger partial charge in [0.2, 0.25) is 0 Å². The van der Waals surface area contributed by atoms with Crippen LogP contribution in [-0.2, 0) is 11.3 Å². The minimum Gasteiger partial charge on any atom is -0.457 e. The number of halogens is 2. The normalized spacial score (nSPS) is 10.3. The number of benzene rings is 1. The summed E-state index contributed by atoms with van der Waals surface area (Å²) >= 11 is 5.64. The molecule has 0 unspecified atom stereocenters. The molecular weight excluding hydrogens is 283 g/mol. The highest BCUT2D eigenvalue weighted by atomic mass is 35.5. The Morgan fingerprint density at radius 1 is 1.45 bits per heavy atom. The highest BCUT2D eigenvalue weighted by Gasteiger charge is 2.13. The molecular formula is C14H12ClFN2O2. The first-order valence-electron chi connectivity index (χ1n) is 5.80. The molecule has 0 spiro atoms. The Kier molecular flexibility index (Phi) is 4.20. The first-order valence-corrected chi connectivity index (χ1v) is 6.18. The molecule has 104 valence electrons. The smallest absolute Gasteiger partial charge is 0.340 e. The Hall–Kier alpha value is -2.14. The van der Waals surface area contributed by atoms with Crippen molar-refractivity contribution < 1.29 is 13.9 Å². The van der Waals surface area contributed by atoms with Gasteiger partial charge in [0.1, 0.15) is 12.4 Å². The number of nitrogens with zero attached hydrogens (tertiary/aromatic N) is 1. The molecule has 0 radical (unpaired) electrons. The molecule has 0 fully saturated rings. The fraction of sp³-hybridized carbons (Fsp3) is 0.143. The number of rotatable bonds is 3. The molecule has 0 aliphatic heterocycles. The van der Waals surface area contributed by atoms with Gasteiger partial charge in [0.15, 0.2) is 0 Å². The van der Waals surface area contributed by atoms with Crippen molar-refractivity contribution in [2.24, 2.45) is 0 Å². The molecule has 0 bridgehead atoms.